The van der Waals surface area contributed by atoms with Crippen molar-refractivity contribution in [2.75, 3.05) is 6.61 Å². The van der Waals surface area contributed by atoms with E-state index in [-0.39, 0.29) is 5.97 Å². The fourth-order valence-electron chi connectivity index (χ4n) is 3.06. The summed E-state index contributed by atoms with van der Waals surface area (Å²) in [6.07, 6.45) is 0.761. The minimum Gasteiger partial charge on any atom is -0.462 e. The molecule has 32 heavy (non-hydrogen) atoms. The molecule has 0 N–H and O–H groups in total. The Hall–Kier alpha value is -1.82. The highest BCUT2D eigenvalue weighted by Crippen LogP contribution is 2.16. The molecule has 0 spiro atoms. The Labute approximate surface area is 197 Å². The lowest BCUT2D eigenvalue weighted by Crippen LogP contribution is -2.54. The molecule has 0 aliphatic carbocycles. The second-order valence-electron chi connectivity index (χ2n) is 8.77. The Bertz CT molecular complexity index is 803. The van der Waals surface area contributed by atoms with Crippen LogP contribution in [-0.4, -0.2) is 45.5 Å². The molecule has 0 aliphatic heterocycles. The van der Waals surface area contributed by atoms with E-state index in [1.54, 1.807) is 6.92 Å². The summed E-state index contributed by atoms with van der Waals surface area (Å²) in [6.45, 7) is 13.6. The maximum Gasteiger partial charge on any atom is 0.333 e. The van der Waals surface area contributed by atoms with Gasteiger partial charge in [0.05, 0.1) is 6.61 Å². The fraction of sp³-hybridized carbons (Fsp3) is 0.375. The van der Waals surface area contributed by atoms with Gasteiger partial charge in [0.15, 0.2) is 9.76 Å². The molecule has 0 saturated heterocycles. The van der Waals surface area contributed by atoms with E-state index in [1.165, 1.54) is 10.4 Å². The smallest absolute Gasteiger partial charge is 0.333 e. The molecule has 0 unspecified atom stereocenters. The highest BCUT2D eigenvalue weighted by Gasteiger charge is 2.35. The van der Waals surface area contributed by atoms with Crippen LogP contribution in [0.4, 0.5) is 0 Å². The molecule has 0 amide bonds. The van der Waals surface area contributed by atoms with Crippen LogP contribution < -0.4 is 10.4 Å². The van der Waals surface area contributed by atoms with Gasteiger partial charge in [0.2, 0.25) is 23.1 Å². The molecular formula is C24H36O5Si3. The number of esters is 1. The van der Waals surface area contributed by atoms with Gasteiger partial charge in [-0.25, -0.2) is 4.79 Å². The highest BCUT2D eigenvalue weighted by atomic mass is 28.4. The molecule has 5 nitrogen and oxygen atoms in total. The topological polar surface area (TPSA) is 54.0 Å². The van der Waals surface area contributed by atoms with Crippen molar-refractivity contribution in [1.29, 1.82) is 0 Å². The van der Waals surface area contributed by atoms with Gasteiger partial charge in [-0.2, -0.15) is 0 Å². The van der Waals surface area contributed by atoms with Gasteiger partial charge in [0.1, 0.15) is 0 Å². The number of ether oxygens (including phenoxy) is 1. The zero-order chi connectivity index (χ0) is 23.6. The Morgan fingerprint density at radius 3 is 1.81 bits per heavy atom. The zero-order valence-corrected chi connectivity index (χ0v) is 23.3. The SMILES string of the molecule is C=C(C)C(=O)OCCC[SiH2]OC(O[Si](C)(C)c1ccccc1)O[Si](C)(C)c1ccccc1. The maximum atomic E-state index is 11.5. The van der Waals surface area contributed by atoms with Crippen LogP contribution in [0.5, 0.6) is 0 Å². The normalized spacial score (nSPS) is 12.4. The van der Waals surface area contributed by atoms with Gasteiger partial charge in [0, 0.05) is 5.57 Å². The van der Waals surface area contributed by atoms with Gasteiger partial charge < -0.3 is 18.0 Å². The number of rotatable bonds is 13. The van der Waals surface area contributed by atoms with Gasteiger partial charge in [0.25, 0.3) is 0 Å². The summed E-state index contributed by atoms with van der Waals surface area (Å²) in [4.78, 5) is 11.5. The van der Waals surface area contributed by atoms with E-state index in [1.807, 2.05) is 36.4 Å². The zero-order valence-electron chi connectivity index (χ0n) is 19.9. The third kappa shape index (κ3) is 8.61. The van der Waals surface area contributed by atoms with Crippen molar-refractivity contribution >= 4 is 42.7 Å². The third-order valence-corrected chi connectivity index (χ3v) is 11.4. The number of carbonyl (C=O) groups excluding carboxylic acids is 1. The molecule has 0 atom stereocenters. The Morgan fingerprint density at radius 2 is 1.38 bits per heavy atom. The van der Waals surface area contributed by atoms with Crippen molar-refractivity contribution in [2.24, 2.45) is 0 Å². The molecule has 2 rings (SSSR count). The van der Waals surface area contributed by atoms with Crippen molar-refractivity contribution in [3.63, 3.8) is 0 Å². The fourth-order valence-corrected chi connectivity index (χ4v) is 7.79. The number of hydrogen-bond donors (Lipinski definition) is 0. The van der Waals surface area contributed by atoms with Crippen LogP contribution >= 0.6 is 0 Å². The summed E-state index contributed by atoms with van der Waals surface area (Å²) >= 11 is 0. The molecular weight excluding hydrogens is 453 g/mol. The average molecular weight is 489 g/mol. The van der Waals surface area contributed by atoms with Gasteiger partial charge in [-0.15, -0.1) is 0 Å². The first-order chi connectivity index (χ1) is 15.1. The molecule has 0 saturated carbocycles. The molecule has 2 aromatic rings. The van der Waals surface area contributed by atoms with E-state index in [0.717, 1.165) is 12.5 Å². The molecule has 0 radical (unpaired) electrons. The van der Waals surface area contributed by atoms with E-state index in [4.69, 9.17) is 18.0 Å². The lowest BCUT2D eigenvalue weighted by molar-refractivity contribution is -0.150. The molecule has 174 valence electrons. The van der Waals surface area contributed by atoms with Crippen molar-refractivity contribution in [2.45, 2.75) is 52.1 Å². The Kier molecular flexibility index (Phi) is 10.3. The molecule has 2 aromatic carbocycles. The molecule has 8 heteroatoms. The standard InChI is InChI=1S/C24H36O5Si3/c1-20(2)23(25)26-18-13-19-30-27-24(28-31(3,4)21-14-9-7-10-15-21)29-32(5,6)22-16-11-8-12-17-22/h7-12,14-17,24H,1,13,18-19,30H2,2-6H3. The Balaban J connectivity index is 2.01. The second kappa shape index (κ2) is 12.4. The van der Waals surface area contributed by atoms with Crippen LogP contribution in [0.1, 0.15) is 13.3 Å². The lowest BCUT2D eigenvalue weighted by atomic mass is 10.4. The van der Waals surface area contributed by atoms with Gasteiger partial charge >= 0.3 is 5.97 Å². The van der Waals surface area contributed by atoms with Crippen LogP contribution in [0.2, 0.25) is 32.2 Å². The summed E-state index contributed by atoms with van der Waals surface area (Å²) in [5.74, 6) is -0.344. The van der Waals surface area contributed by atoms with Crippen LogP contribution in [0.15, 0.2) is 72.8 Å². The molecule has 0 bridgehead atoms. The predicted octanol–water partition coefficient (Wildman–Crippen LogP) is 3.56. The third-order valence-electron chi connectivity index (χ3n) is 5.09. The average Bonchev–Trinajstić information content (AvgIpc) is 2.76. The van der Waals surface area contributed by atoms with Gasteiger partial charge in [-0.1, -0.05) is 67.2 Å². The second-order valence-corrected chi connectivity index (χ2v) is 17.9. The van der Waals surface area contributed by atoms with Crippen LogP contribution in [0.25, 0.3) is 0 Å². The molecule has 0 heterocycles. The molecule has 0 aliphatic rings. The lowest BCUT2D eigenvalue weighted by Gasteiger charge is -2.34. The van der Waals surface area contributed by atoms with E-state index in [0.29, 0.717) is 12.2 Å². The molecule has 0 aromatic heterocycles. The van der Waals surface area contributed by atoms with Crippen LogP contribution in [-0.2, 0) is 22.8 Å². The van der Waals surface area contributed by atoms with Gasteiger partial charge in [-0.05, 0) is 56.0 Å². The van der Waals surface area contributed by atoms with E-state index < -0.39 is 32.9 Å². The minimum atomic E-state index is -2.23. The summed E-state index contributed by atoms with van der Waals surface area (Å²) in [5.41, 5.74) is 0.418. The van der Waals surface area contributed by atoms with Crippen molar-refractivity contribution in [3.8, 4) is 0 Å². The summed E-state index contributed by atoms with van der Waals surface area (Å²) < 4.78 is 24.4. The quantitative estimate of drug-likeness (QED) is 0.142. The van der Waals surface area contributed by atoms with E-state index in [9.17, 15) is 4.79 Å². The first-order valence-electron chi connectivity index (χ1n) is 11.0. The largest absolute Gasteiger partial charge is 0.462 e. The summed E-state index contributed by atoms with van der Waals surface area (Å²) in [5, 5.41) is 2.40. The summed E-state index contributed by atoms with van der Waals surface area (Å²) in [7, 11) is -5.38. The number of carbonyl (C=O) groups is 1. The van der Waals surface area contributed by atoms with Crippen molar-refractivity contribution < 1.29 is 22.8 Å². The van der Waals surface area contributed by atoms with Crippen molar-refractivity contribution in [1.82, 2.24) is 0 Å². The maximum absolute atomic E-state index is 11.5. The monoisotopic (exact) mass is 488 g/mol. The van der Waals surface area contributed by atoms with E-state index >= 15 is 0 Å². The first-order valence-corrected chi connectivity index (χ1v) is 18.4. The van der Waals surface area contributed by atoms with Crippen LogP contribution in [0, 0.1) is 0 Å². The summed E-state index contributed by atoms with van der Waals surface area (Å²) in [6, 6.07) is 21.5. The number of hydrogen-bond acceptors (Lipinski definition) is 5. The predicted molar refractivity (Wildman–Crippen MR) is 138 cm³/mol. The molecule has 0 fully saturated rings. The van der Waals surface area contributed by atoms with Crippen molar-refractivity contribution in [3.05, 3.63) is 72.8 Å². The van der Waals surface area contributed by atoms with Gasteiger partial charge in [-0.3, -0.25) is 0 Å². The Morgan fingerprint density at radius 1 is 0.906 bits per heavy atom. The van der Waals surface area contributed by atoms with Crippen LogP contribution in [0.3, 0.4) is 0 Å². The first kappa shape index (κ1) is 26.4. The van der Waals surface area contributed by atoms with E-state index in [2.05, 4.69) is 57.0 Å². The number of benzene rings is 2. The minimum absolute atomic E-state index is 0.344. The highest BCUT2D eigenvalue weighted by molar-refractivity contribution is 6.85.